The smallest absolute Gasteiger partial charge is 0.263 e. The molecule has 0 amide bonds. The van der Waals surface area contributed by atoms with E-state index in [0.717, 1.165) is 27.7 Å². The summed E-state index contributed by atoms with van der Waals surface area (Å²) in [5, 5.41) is 9.17. The number of aromatic nitrogens is 3. The molecule has 1 N–H and O–H groups in total. The monoisotopic (exact) mass is 229 g/mol. The summed E-state index contributed by atoms with van der Waals surface area (Å²) in [6.07, 6.45) is 3.53. The second-order valence-corrected chi connectivity index (χ2v) is 4.29. The predicted molar refractivity (Wildman–Crippen MR) is 63.5 cm³/mol. The molecule has 0 fully saturated rings. The lowest BCUT2D eigenvalue weighted by atomic mass is 10.1. The second kappa shape index (κ2) is 3.53. The largest absolute Gasteiger partial charge is 0.322 e. The number of nitrogens with one attached hydrogen (secondary N) is 1. The summed E-state index contributed by atoms with van der Waals surface area (Å²) < 4.78 is 0. The number of hydrogen-bond acceptors (Lipinski definition) is 4. The molecule has 0 aliphatic rings. The van der Waals surface area contributed by atoms with Gasteiger partial charge in [0.05, 0.1) is 0 Å². The highest BCUT2D eigenvalue weighted by atomic mass is 32.1. The van der Waals surface area contributed by atoms with Crippen molar-refractivity contribution in [2.24, 2.45) is 0 Å². The zero-order valence-electron chi connectivity index (χ0n) is 8.18. The van der Waals surface area contributed by atoms with E-state index in [1.807, 2.05) is 24.3 Å². The van der Waals surface area contributed by atoms with Crippen molar-refractivity contribution in [2.75, 3.05) is 0 Å². The van der Waals surface area contributed by atoms with Crippen LogP contribution in [0.15, 0.2) is 41.5 Å². The maximum absolute atomic E-state index is 11.1. The standard InChI is InChI=1S/C11H7N3OS/c15-11-14-13-10(16-11)9-6-12-5-7-3-1-2-4-8(7)9/h1-6H,(H,14,15). The first-order valence-electron chi connectivity index (χ1n) is 4.73. The molecular formula is C11H7N3OS. The fourth-order valence-corrected chi connectivity index (χ4v) is 2.26. The average Bonchev–Trinajstić information content (AvgIpc) is 2.75. The van der Waals surface area contributed by atoms with Crippen molar-refractivity contribution in [1.82, 2.24) is 15.2 Å². The molecule has 0 atom stereocenters. The molecule has 2 heterocycles. The van der Waals surface area contributed by atoms with E-state index >= 15 is 0 Å². The van der Waals surface area contributed by atoms with Gasteiger partial charge in [0.2, 0.25) is 0 Å². The second-order valence-electron chi connectivity index (χ2n) is 3.33. The van der Waals surface area contributed by atoms with Crippen LogP contribution >= 0.6 is 11.3 Å². The van der Waals surface area contributed by atoms with E-state index in [1.54, 1.807) is 12.4 Å². The zero-order chi connectivity index (χ0) is 11.0. The van der Waals surface area contributed by atoms with Crippen molar-refractivity contribution in [3.63, 3.8) is 0 Å². The molecule has 0 bridgehead atoms. The highest BCUT2D eigenvalue weighted by molar-refractivity contribution is 7.12. The van der Waals surface area contributed by atoms with Crippen LogP contribution in [0.25, 0.3) is 21.3 Å². The number of benzene rings is 1. The molecule has 0 aliphatic heterocycles. The fraction of sp³-hybridized carbons (Fsp3) is 0. The summed E-state index contributed by atoms with van der Waals surface area (Å²) in [6, 6.07) is 7.90. The summed E-state index contributed by atoms with van der Waals surface area (Å²) in [5.74, 6) is 0. The van der Waals surface area contributed by atoms with Crippen LogP contribution in [0.5, 0.6) is 0 Å². The Morgan fingerprint density at radius 2 is 2.06 bits per heavy atom. The van der Waals surface area contributed by atoms with Gasteiger partial charge in [-0.25, -0.2) is 5.10 Å². The van der Waals surface area contributed by atoms with E-state index in [1.165, 1.54) is 0 Å². The van der Waals surface area contributed by atoms with Crippen LogP contribution in [0.3, 0.4) is 0 Å². The minimum atomic E-state index is -0.150. The number of fused-ring (bicyclic) bond motifs is 1. The molecule has 3 rings (SSSR count). The van der Waals surface area contributed by atoms with E-state index in [4.69, 9.17) is 0 Å². The molecule has 78 valence electrons. The quantitative estimate of drug-likeness (QED) is 0.694. The van der Waals surface area contributed by atoms with E-state index in [-0.39, 0.29) is 4.87 Å². The molecule has 0 radical (unpaired) electrons. The lowest BCUT2D eigenvalue weighted by Crippen LogP contribution is -1.90. The molecule has 0 spiro atoms. The highest BCUT2D eigenvalue weighted by Crippen LogP contribution is 2.26. The van der Waals surface area contributed by atoms with Crippen molar-refractivity contribution >= 4 is 22.1 Å². The van der Waals surface area contributed by atoms with Gasteiger partial charge >= 0.3 is 4.87 Å². The number of pyridine rings is 1. The Hall–Kier alpha value is -2.01. The molecule has 2 aromatic heterocycles. The minimum Gasteiger partial charge on any atom is -0.263 e. The first-order chi connectivity index (χ1) is 7.84. The summed E-state index contributed by atoms with van der Waals surface area (Å²) in [5.41, 5.74) is 0.890. The van der Waals surface area contributed by atoms with E-state index in [2.05, 4.69) is 15.2 Å². The van der Waals surface area contributed by atoms with Crippen LogP contribution < -0.4 is 4.87 Å². The number of aromatic amines is 1. The van der Waals surface area contributed by atoms with Gasteiger partial charge in [-0.1, -0.05) is 35.6 Å². The minimum absolute atomic E-state index is 0.150. The van der Waals surface area contributed by atoms with Crippen molar-refractivity contribution in [1.29, 1.82) is 0 Å². The van der Waals surface area contributed by atoms with E-state index in [0.29, 0.717) is 5.01 Å². The molecule has 5 heteroatoms. The SMILES string of the molecule is O=c1[nH]nc(-c2cncc3ccccc23)s1. The molecule has 0 saturated carbocycles. The normalized spacial score (nSPS) is 10.8. The van der Waals surface area contributed by atoms with Crippen LogP contribution in [-0.4, -0.2) is 15.2 Å². The number of nitrogens with zero attached hydrogens (tertiary/aromatic N) is 2. The van der Waals surface area contributed by atoms with Gasteiger partial charge in [0.25, 0.3) is 0 Å². The van der Waals surface area contributed by atoms with Crippen molar-refractivity contribution in [3.8, 4) is 10.6 Å². The van der Waals surface area contributed by atoms with Crippen LogP contribution in [0, 0.1) is 0 Å². The summed E-state index contributed by atoms with van der Waals surface area (Å²) >= 11 is 1.09. The van der Waals surface area contributed by atoms with Crippen molar-refractivity contribution in [3.05, 3.63) is 46.3 Å². The maximum Gasteiger partial charge on any atom is 0.322 e. The first kappa shape index (κ1) is 9.23. The summed E-state index contributed by atoms with van der Waals surface area (Å²) in [4.78, 5) is 15.1. The Labute approximate surface area is 94.6 Å². The molecule has 4 nitrogen and oxygen atoms in total. The van der Waals surface area contributed by atoms with Gasteiger partial charge in [-0.05, 0) is 5.39 Å². The van der Waals surface area contributed by atoms with Crippen molar-refractivity contribution < 1.29 is 0 Å². The third-order valence-electron chi connectivity index (χ3n) is 2.34. The summed E-state index contributed by atoms with van der Waals surface area (Å²) in [7, 11) is 0. The molecule has 1 aromatic carbocycles. The fourth-order valence-electron chi connectivity index (χ4n) is 1.63. The van der Waals surface area contributed by atoms with Gasteiger partial charge in [0, 0.05) is 23.3 Å². The molecule has 0 saturated heterocycles. The lowest BCUT2D eigenvalue weighted by Gasteiger charge is -2.01. The van der Waals surface area contributed by atoms with Gasteiger partial charge in [0.15, 0.2) is 5.01 Å². The van der Waals surface area contributed by atoms with Crippen molar-refractivity contribution in [2.45, 2.75) is 0 Å². The maximum atomic E-state index is 11.1. The van der Waals surface area contributed by atoms with Crippen LogP contribution in [0.4, 0.5) is 0 Å². The molecule has 0 aliphatic carbocycles. The molecular weight excluding hydrogens is 222 g/mol. The summed E-state index contributed by atoms with van der Waals surface area (Å²) in [6.45, 7) is 0. The van der Waals surface area contributed by atoms with Crippen LogP contribution in [-0.2, 0) is 0 Å². The molecule has 3 aromatic rings. The number of hydrogen-bond donors (Lipinski definition) is 1. The Balaban J connectivity index is 2.35. The molecule has 16 heavy (non-hydrogen) atoms. The first-order valence-corrected chi connectivity index (χ1v) is 5.55. The lowest BCUT2D eigenvalue weighted by molar-refractivity contribution is 1.06. The Morgan fingerprint density at radius 3 is 2.88 bits per heavy atom. The molecule has 0 unspecified atom stereocenters. The zero-order valence-corrected chi connectivity index (χ0v) is 8.99. The Morgan fingerprint density at radius 1 is 1.19 bits per heavy atom. The topological polar surface area (TPSA) is 58.6 Å². The van der Waals surface area contributed by atoms with Gasteiger partial charge < -0.3 is 0 Å². The third kappa shape index (κ3) is 1.42. The Bertz CT molecular complexity index is 696. The number of rotatable bonds is 1. The average molecular weight is 229 g/mol. The Kier molecular flexibility index (Phi) is 2.04. The number of H-pyrrole nitrogens is 1. The van der Waals surface area contributed by atoms with Gasteiger partial charge in [-0.2, -0.15) is 5.10 Å². The van der Waals surface area contributed by atoms with Gasteiger partial charge in [-0.15, -0.1) is 0 Å². The van der Waals surface area contributed by atoms with Crippen LogP contribution in [0.2, 0.25) is 0 Å². The van der Waals surface area contributed by atoms with E-state index < -0.39 is 0 Å². The van der Waals surface area contributed by atoms with E-state index in [9.17, 15) is 4.79 Å². The van der Waals surface area contributed by atoms with Gasteiger partial charge in [0.1, 0.15) is 0 Å². The third-order valence-corrected chi connectivity index (χ3v) is 3.12. The van der Waals surface area contributed by atoms with Crippen LogP contribution in [0.1, 0.15) is 0 Å². The highest BCUT2D eigenvalue weighted by Gasteiger charge is 2.07. The predicted octanol–water partition coefficient (Wildman–Crippen LogP) is 2.05. The van der Waals surface area contributed by atoms with Gasteiger partial charge in [-0.3, -0.25) is 9.78 Å².